The number of benzene rings is 1. The van der Waals surface area contributed by atoms with E-state index in [9.17, 15) is 4.79 Å². The monoisotopic (exact) mass is 379 g/mol. The van der Waals surface area contributed by atoms with Crippen LogP contribution in [0.4, 0.5) is 0 Å². The molecule has 0 radical (unpaired) electrons. The molecule has 1 atom stereocenters. The second kappa shape index (κ2) is 7.19. The largest absolute Gasteiger partial charge is 0.486 e. The molecule has 1 aliphatic rings. The molecule has 2 aromatic heterocycles. The number of rotatable bonds is 4. The normalized spacial score (nSPS) is 16.1. The van der Waals surface area contributed by atoms with Gasteiger partial charge in [-0.25, -0.2) is 0 Å². The van der Waals surface area contributed by atoms with E-state index in [-0.39, 0.29) is 18.6 Å². The maximum atomic E-state index is 12.9. The highest BCUT2D eigenvalue weighted by Gasteiger charge is 2.30. The number of carbonyl (C=O) groups is 1. The third-order valence-electron chi connectivity index (χ3n) is 5.59. The van der Waals surface area contributed by atoms with Gasteiger partial charge in [0.05, 0.1) is 6.04 Å². The zero-order chi connectivity index (χ0) is 19.8. The Hall–Kier alpha value is -3.02. The number of aromatic nitrogens is 2. The lowest BCUT2D eigenvalue weighted by Gasteiger charge is -2.34. The van der Waals surface area contributed by atoms with E-state index in [0.717, 1.165) is 18.0 Å². The molecule has 1 aromatic carbocycles. The highest BCUT2D eigenvalue weighted by Crippen LogP contribution is 2.28. The number of carbonyl (C=O) groups excluding carboxylic acids is 1. The van der Waals surface area contributed by atoms with Crippen molar-refractivity contribution in [2.24, 2.45) is 0 Å². The number of hydrogen-bond donors (Lipinski definition) is 0. The second-order valence-electron chi connectivity index (χ2n) is 7.44. The van der Waals surface area contributed by atoms with Crippen molar-refractivity contribution in [2.75, 3.05) is 6.54 Å². The second-order valence-corrected chi connectivity index (χ2v) is 7.44. The van der Waals surface area contributed by atoms with Crippen LogP contribution in [0.25, 0.3) is 0 Å². The highest BCUT2D eigenvalue weighted by molar-refractivity contribution is 5.92. The van der Waals surface area contributed by atoms with Crippen molar-refractivity contribution in [3.8, 4) is 5.75 Å². The van der Waals surface area contributed by atoms with Gasteiger partial charge in [0.15, 0.2) is 11.5 Å². The Morgan fingerprint density at radius 1 is 1.14 bits per heavy atom. The first-order valence-corrected chi connectivity index (χ1v) is 9.56. The molecule has 3 aromatic rings. The molecule has 1 amide bonds. The fourth-order valence-electron chi connectivity index (χ4n) is 3.69. The van der Waals surface area contributed by atoms with Crippen molar-refractivity contribution in [3.05, 3.63) is 70.4 Å². The van der Waals surface area contributed by atoms with Crippen molar-refractivity contribution in [1.29, 1.82) is 0 Å². The van der Waals surface area contributed by atoms with Crippen LogP contribution in [-0.4, -0.2) is 27.1 Å². The number of fused-ring (bicyclic) bond motifs is 1. The molecule has 1 unspecified atom stereocenters. The van der Waals surface area contributed by atoms with Crippen LogP contribution >= 0.6 is 0 Å². The zero-order valence-corrected chi connectivity index (χ0v) is 16.7. The molecular weight excluding hydrogens is 354 g/mol. The summed E-state index contributed by atoms with van der Waals surface area (Å²) < 4.78 is 13.4. The van der Waals surface area contributed by atoms with Gasteiger partial charge in [-0.05, 0) is 63.1 Å². The van der Waals surface area contributed by atoms with Gasteiger partial charge in [-0.1, -0.05) is 11.2 Å². The average molecular weight is 379 g/mol. The van der Waals surface area contributed by atoms with E-state index in [4.69, 9.17) is 9.26 Å². The Kier molecular flexibility index (Phi) is 4.71. The standard InChI is InChI=1S/C22H25N3O3/c1-14-5-7-18(11-15(14)2)27-13-19-12-20(23-28-19)22(26)25-10-9-24-16(3)6-8-21(24)17(25)4/h5-8,11-12,17H,9-10,13H2,1-4H3. The third kappa shape index (κ3) is 3.30. The lowest BCUT2D eigenvalue weighted by atomic mass is 10.1. The van der Waals surface area contributed by atoms with Crippen LogP contribution in [0.2, 0.25) is 0 Å². The summed E-state index contributed by atoms with van der Waals surface area (Å²) in [5, 5.41) is 3.98. The molecule has 0 N–H and O–H groups in total. The first-order valence-electron chi connectivity index (χ1n) is 9.56. The summed E-state index contributed by atoms with van der Waals surface area (Å²) in [7, 11) is 0. The number of hydrogen-bond acceptors (Lipinski definition) is 4. The van der Waals surface area contributed by atoms with Gasteiger partial charge >= 0.3 is 0 Å². The molecule has 1 aliphatic heterocycles. The molecule has 0 spiro atoms. The van der Waals surface area contributed by atoms with Crippen LogP contribution in [0.3, 0.4) is 0 Å². The van der Waals surface area contributed by atoms with Crippen LogP contribution < -0.4 is 4.74 Å². The molecule has 0 saturated heterocycles. The molecule has 28 heavy (non-hydrogen) atoms. The molecular formula is C22H25N3O3. The van der Waals surface area contributed by atoms with E-state index in [1.165, 1.54) is 16.8 Å². The molecule has 6 heteroatoms. The lowest BCUT2D eigenvalue weighted by Crippen LogP contribution is -2.41. The van der Waals surface area contributed by atoms with Crippen LogP contribution in [-0.2, 0) is 13.2 Å². The Morgan fingerprint density at radius 2 is 1.96 bits per heavy atom. The Balaban J connectivity index is 1.44. The van der Waals surface area contributed by atoms with Gasteiger partial charge < -0.3 is 18.7 Å². The lowest BCUT2D eigenvalue weighted by molar-refractivity contribution is 0.0632. The van der Waals surface area contributed by atoms with Gasteiger partial charge in [-0.2, -0.15) is 0 Å². The predicted octanol–water partition coefficient (Wildman–Crippen LogP) is 4.20. The van der Waals surface area contributed by atoms with Gasteiger partial charge in [0.1, 0.15) is 12.4 Å². The minimum Gasteiger partial charge on any atom is -0.486 e. The minimum atomic E-state index is -0.112. The van der Waals surface area contributed by atoms with Crippen molar-refractivity contribution in [2.45, 2.75) is 46.9 Å². The summed E-state index contributed by atoms with van der Waals surface area (Å²) >= 11 is 0. The quantitative estimate of drug-likeness (QED) is 0.682. The highest BCUT2D eigenvalue weighted by atomic mass is 16.5. The summed E-state index contributed by atoms with van der Waals surface area (Å²) in [6.45, 7) is 9.94. The molecule has 0 aliphatic carbocycles. The Morgan fingerprint density at radius 3 is 2.75 bits per heavy atom. The molecule has 6 nitrogen and oxygen atoms in total. The summed E-state index contributed by atoms with van der Waals surface area (Å²) in [6.07, 6.45) is 0. The minimum absolute atomic E-state index is 0.00174. The number of ether oxygens (including phenoxy) is 1. The summed E-state index contributed by atoms with van der Waals surface area (Å²) in [4.78, 5) is 14.8. The van der Waals surface area contributed by atoms with E-state index < -0.39 is 0 Å². The van der Waals surface area contributed by atoms with Crippen LogP contribution in [0, 0.1) is 20.8 Å². The van der Waals surface area contributed by atoms with E-state index in [1.54, 1.807) is 6.07 Å². The van der Waals surface area contributed by atoms with E-state index in [1.807, 2.05) is 36.9 Å². The first-order chi connectivity index (χ1) is 13.4. The number of nitrogens with zero attached hydrogens (tertiary/aromatic N) is 3. The Bertz CT molecular complexity index is 1020. The van der Waals surface area contributed by atoms with Gasteiger partial charge in [0, 0.05) is 30.5 Å². The number of aryl methyl sites for hydroxylation is 3. The fraction of sp³-hybridized carbons (Fsp3) is 0.364. The zero-order valence-electron chi connectivity index (χ0n) is 16.7. The maximum Gasteiger partial charge on any atom is 0.276 e. The first kappa shape index (κ1) is 18.3. The van der Waals surface area contributed by atoms with Crippen molar-refractivity contribution >= 4 is 5.91 Å². The van der Waals surface area contributed by atoms with Crippen molar-refractivity contribution in [1.82, 2.24) is 14.6 Å². The van der Waals surface area contributed by atoms with Crippen LogP contribution in [0.15, 0.2) is 40.9 Å². The Labute approximate surface area is 164 Å². The van der Waals surface area contributed by atoms with Gasteiger partial charge in [-0.15, -0.1) is 0 Å². The van der Waals surface area contributed by atoms with E-state index >= 15 is 0 Å². The third-order valence-corrected chi connectivity index (χ3v) is 5.59. The predicted molar refractivity (Wildman–Crippen MR) is 105 cm³/mol. The van der Waals surface area contributed by atoms with Crippen LogP contribution in [0.1, 0.15) is 51.7 Å². The van der Waals surface area contributed by atoms with Crippen molar-refractivity contribution in [3.63, 3.8) is 0 Å². The van der Waals surface area contributed by atoms with Gasteiger partial charge in [-0.3, -0.25) is 4.79 Å². The molecule has 3 heterocycles. The summed E-state index contributed by atoms with van der Waals surface area (Å²) in [5.74, 6) is 1.19. The van der Waals surface area contributed by atoms with Gasteiger partial charge in [0.2, 0.25) is 0 Å². The smallest absolute Gasteiger partial charge is 0.276 e. The topological polar surface area (TPSA) is 60.5 Å². The molecule has 146 valence electrons. The van der Waals surface area contributed by atoms with Crippen LogP contribution in [0.5, 0.6) is 5.75 Å². The molecule has 0 fully saturated rings. The van der Waals surface area contributed by atoms with E-state index in [0.29, 0.717) is 18.0 Å². The number of amides is 1. The molecule has 4 rings (SSSR count). The summed E-state index contributed by atoms with van der Waals surface area (Å²) in [6, 6.07) is 11.8. The van der Waals surface area contributed by atoms with Gasteiger partial charge in [0.25, 0.3) is 5.91 Å². The van der Waals surface area contributed by atoms with Crippen molar-refractivity contribution < 1.29 is 14.1 Å². The molecule has 0 bridgehead atoms. The average Bonchev–Trinajstić information content (AvgIpc) is 3.30. The maximum absolute atomic E-state index is 12.9. The SMILES string of the molecule is Cc1ccc(OCc2cc(C(=O)N3CCn4c(C)ccc4C3C)no2)cc1C. The van der Waals surface area contributed by atoms with E-state index in [2.05, 4.69) is 35.7 Å². The fourth-order valence-corrected chi connectivity index (χ4v) is 3.69. The molecule has 0 saturated carbocycles. The summed E-state index contributed by atoms with van der Waals surface area (Å²) in [5.41, 5.74) is 5.09.